The van der Waals surface area contributed by atoms with Gasteiger partial charge in [0.05, 0.1) is 6.20 Å². The van der Waals surface area contributed by atoms with E-state index < -0.39 is 30.6 Å². The third-order valence-corrected chi connectivity index (χ3v) is 3.71. The average Bonchev–Trinajstić information content (AvgIpc) is 3.00. The second kappa shape index (κ2) is 8.21. The van der Waals surface area contributed by atoms with E-state index >= 15 is 0 Å². The Morgan fingerprint density at radius 2 is 2.04 bits per heavy atom. The lowest BCUT2D eigenvalue weighted by Crippen LogP contribution is -2.33. The molecule has 0 bridgehead atoms. The van der Waals surface area contributed by atoms with Gasteiger partial charge in [0.25, 0.3) is 11.8 Å². The van der Waals surface area contributed by atoms with Crippen molar-refractivity contribution >= 4 is 17.5 Å². The predicted molar refractivity (Wildman–Crippen MR) is 91.2 cm³/mol. The number of amides is 2. The molecule has 0 radical (unpaired) electrons. The molecule has 146 valence electrons. The molecular weight excluding hydrogens is 365 g/mol. The molecule has 1 aromatic carbocycles. The van der Waals surface area contributed by atoms with Gasteiger partial charge in [0.15, 0.2) is 6.10 Å². The third kappa shape index (κ3) is 5.55. The van der Waals surface area contributed by atoms with Crippen molar-refractivity contribution in [1.29, 1.82) is 0 Å². The van der Waals surface area contributed by atoms with Crippen LogP contribution in [-0.4, -0.2) is 41.4 Å². The SMILES string of the molecule is COC(C(=O)Nc1cc(C(=O)NCC(F)(F)F)ccc1C)c1cnn(C)c1. The molecule has 1 unspecified atom stereocenters. The molecule has 7 nitrogen and oxygen atoms in total. The van der Waals surface area contributed by atoms with Gasteiger partial charge in [0.1, 0.15) is 6.54 Å². The molecule has 0 spiro atoms. The lowest BCUT2D eigenvalue weighted by atomic mass is 10.1. The van der Waals surface area contributed by atoms with Crippen molar-refractivity contribution in [3.05, 3.63) is 47.3 Å². The number of aryl methyl sites for hydroxylation is 2. The van der Waals surface area contributed by atoms with Gasteiger partial charge in [-0.1, -0.05) is 6.07 Å². The van der Waals surface area contributed by atoms with Crippen molar-refractivity contribution in [3.8, 4) is 0 Å². The Labute approximate surface area is 153 Å². The van der Waals surface area contributed by atoms with Crippen molar-refractivity contribution in [1.82, 2.24) is 15.1 Å². The smallest absolute Gasteiger partial charge is 0.367 e. The highest BCUT2D eigenvalue weighted by Gasteiger charge is 2.28. The molecule has 0 aliphatic rings. The van der Waals surface area contributed by atoms with Crippen molar-refractivity contribution in [2.75, 3.05) is 19.0 Å². The Kier molecular flexibility index (Phi) is 6.21. The van der Waals surface area contributed by atoms with Crippen LogP contribution in [0, 0.1) is 6.92 Å². The van der Waals surface area contributed by atoms with Crippen molar-refractivity contribution in [2.45, 2.75) is 19.2 Å². The standard InChI is InChI=1S/C17H19F3N4O3/c1-10-4-5-11(15(25)21-9-17(18,19)20)6-13(10)23-16(26)14(27-3)12-7-22-24(2)8-12/h4-8,14H,9H2,1-3H3,(H,21,25)(H,23,26). The topological polar surface area (TPSA) is 85.2 Å². The summed E-state index contributed by atoms with van der Waals surface area (Å²) >= 11 is 0. The summed E-state index contributed by atoms with van der Waals surface area (Å²) in [6, 6.07) is 4.23. The minimum absolute atomic E-state index is 0.00417. The number of benzene rings is 1. The van der Waals surface area contributed by atoms with Crippen molar-refractivity contribution in [3.63, 3.8) is 0 Å². The maximum Gasteiger partial charge on any atom is 0.405 e. The highest BCUT2D eigenvalue weighted by molar-refractivity contribution is 5.99. The van der Waals surface area contributed by atoms with Gasteiger partial charge in [-0.3, -0.25) is 14.3 Å². The number of hydrogen-bond acceptors (Lipinski definition) is 4. The van der Waals surface area contributed by atoms with Crippen LogP contribution in [0.4, 0.5) is 18.9 Å². The molecular formula is C17H19F3N4O3. The number of rotatable bonds is 6. The second-order valence-electron chi connectivity index (χ2n) is 5.88. The summed E-state index contributed by atoms with van der Waals surface area (Å²) in [5, 5.41) is 8.40. The second-order valence-corrected chi connectivity index (χ2v) is 5.88. The van der Waals surface area contributed by atoms with Crippen LogP contribution >= 0.6 is 0 Å². The van der Waals surface area contributed by atoms with E-state index in [1.165, 1.54) is 36.2 Å². The largest absolute Gasteiger partial charge is 0.405 e. The highest BCUT2D eigenvalue weighted by Crippen LogP contribution is 2.22. The van der Waals surface area contributed by atoms with Crippen LogP contribution in [0.2, 0.25) is 0 Å². The first-order chi connectivity index (χ1) is 12.6. The normalized spacial score (nSPS) is 12.5. The molecule has 0 saturated carbocycles. The number of anilines is 1. The van der Waals surface area contributed by atoms with Crippen LogP contribution in [0.5, 0.6) is 0 Å². The molecule has 0 saturated heterocycles. The number of ether oxygens (including phenoxy) is 1. The Morgan fingerprint density at radius 3 is 2.59 bits per heavy atom. The number of nitrogens with one attached hydrogen (secondary N) is 2. The van der Waals surface area contributed by atoms with E-state index in [1.807, 2.05) is 0 Å². The summed E-state index contributed by atoms with van der Waals surface area (Å²) in [6.07, 6.45) is -2.32. The number of hydrogen-bond donors (Lipinski definition) is 2. The minimum Gasteiger partial charge on any atom is -0.367 e. The highest BCUT2D eigenvalue weighted by atomic mass is 19.4. The van der Waals surface area contributed by atoms with Crippen molar-refractivity contribution < 1.29 is 27.5 Å². The minimum atomic E-state index is -4.51. The van der Waals surface area contributed by atoms with Gasteiger partial charge in [0.2, 0.25) is 0 Å². The maximum atomic E-state index is 12.5. The quantitative estimate of drug-likeness (QED) is 0.801. The first-order valence-corrected chi connectivity index (χ1v) is 7.88. The molecule has 0 aliphatic carbocycles. The Morgan fingerprint density at radius 1 is 1.33 bits per heavy atom. The number of carbonyl (C=O) groups excluding carboxylic acids is 2. The van der Waals surface area contributed by atoms with Gasteiger partial charge >= 0.3 is 6.18 Å². The molecule has 1 heterocycles. The number of alkyl halides is 3. The van der Waals surface area contributed by atoms with Crippen LogP contribution in [0.3, 0.4) is 0 Å². The molecule has 0 aliphatic heterocycles. The number of methoxy groups -OCH3 is 1. The van der Waals surface area contributed by atoms with Gasteiger partial charge in [-0.2, -0.15) is 18.3 Å². The fourth-order valence-corrected chi connectivity index (χ4v) is 2.35. The first kappa shape index (κ1) is 20.4. The molecule has 1 atom stereocenters. The molecule has 10 heteroatoms. The zero-order valence-electron chi connectivity index (χ0n) is 14.9. The van der Waals surface area contributed by atoms with E-state index in [4.69, 9.17) is 4.74 Å². The lowest BCUT2D eigenvalue weighted by Gasteiger charge is -2.16. The fraction of sp³-hybridized carbons (Fsp3) is 0.353. The molecule has 0 fully saturated rings. The Hall–Kier alpha value is -2.88. The Bertz CT molecular complexity index is 833. The zero-order valence-corrected chi connectivity index (χ0v) is 14.9. The van der Waals surface area contributed by atoms with Gasteiger partial charge in [-0.05, 0) is 24.6 Å². The van der Waals surface area contributed by atoms with E-state index in [0.29, 0.717) is 16.8 Å². The summed E-state index contributed by atoms with van der Waals surface area (Å²) < 4.78 is 43.5. The summed E-state index contributed by atoms with van der Waals surface area (Å²) in [7, 11) is 3.06. The summed E-state index contributed by atoms with van der Waals surface area (Å²) in [5.74, 6) is -1.39. The first-order valence-electron chi connectivity index (χ1n) is 7.88. The number of nitrogens with zero attached hydrogens (tertiary/aromatic N) is 2. The summed E-state index contributed by atoms with van der Waals surface area (Å²) in [4.78, 5) is 24.4. The van der Waals surface area contributed by atoms with E-state index in [0.717, 1.165) is 0 Å². The van der Waals surface area contributed by atoms with Crippen molar-refractivity contribution in [2.24, 2.45) is 7.05 Å². The molecule has 1 aromatic heterocycles. The Balaban J connectivity index is 2.15. The van der Waals surface area contributed by atoms with Crippen LogP contribution in [0.25, 0.3) is 0 Å². The number of carbonyl (C=O) groups is 2. The fourth-order valence-electron chi connectivity index (χ4n) is 2.35. The number of aromatic nitrogens is 2. The van der Waals surface area contributed by atoms with Gasteiger partial charge < -0.3 is 15.4 Å². The van der Waals surface area contributed by atoms with Crippen LogP contribution in [0.15, 0.2) is 30.6 Å². The molecule has 2 amide bonds. The maximum absolute atomic E-state index is 12.5. The third-order valence-electron chi connectivity index (χ3n) is 3.71. The predicted octanol–water partition coefficient (Wildman–Crippen LogP) is 2.35. The van der Waals surface area contributed by atoms with E-state index in [9.17, 15) is 22.8 Å². The lowest BCUT2D eigenvalue weighted by molar-refractivity contribution is -0.126. The van der Waals surface area contributed by atoms with E-state index in [-0.39, 0.29) is 5.56 Å². The van der Waals surface area contributed by atoms with Gasteiger partial charge in [-0.25, -0.2) is 0 Å². The summed E-state index contributed by atoms with van der Waals surface area (Å²) in [6.45, 7) is 0.257. The summed E-state index contributed by atoms with van der Waals surface area (Å²) in [5.41, 5.74) is 1.46. The molecule has 27 heavy (non-hydrogen) atoms. The molecule has 2 N–H and O–H groups in total. The van der Waals surface area contributed by atoms with Gasteiger partial charge in [0, 0.05) is 37.2 Å². The van der Waals surface area contributed by atoms with Crippen LogP contribution < -0.4 is 10.6 Å². The average molecular weight is 384 g/mol. The monoisotopic (exact) mass is 384 g/mol. The molecule has 2 rings (SSSR count). The van der Waals surface area contributed by atoms with E-state index in [2.05, 4.69) is 10.4 Å². The molecule has 2 aromatic rings. The number of halogens is 3. The van der Waals surface area contributed by atoms with Gasteiger partial charge in [-0.15, -0.1) is 0 Å². The van der Waals surface area contributed by atoms with Crippen LogP contribution in [0.1, 0.15) is 27.6 Å². The van der Waals surface area contributed by atoms with Crippen LogP contribution in [-0.2, 0) is 16.6 Å². The zero-order chi connectivity index (χ0) is 20.2. The van der Waals surface area contributed by atoms with E-state index in [1.54, 1.807) is 25.5 Å².